The van der Waals surface area contributed by atoms with Gasteiger partial charge in [-0.05, 0) is 24.3 Å². The van der Waals surface area contributed by atoms with E-state index in [2.05, 4.69) is 10.6 Å². The number of hydrogen-bond donors (Lipinski definition) is 3. The zero-order valence-electron chi connectivity index (χ0n) is 9.31. The van der Waals surface area contributed by atoms with Gasteiger partial charge in [-0.3, -0.25) is 5.32 Å². The first kappa shape index (κ1) is 10.5. The fourth-order valence-corrected chi connectivity index (χ4v) is 1.88. The Hall–Kier alpha value is -2.69. The molecule has 1 aliphatic rings. The van der Waals surface area contributed by atoms with E-state index in [1.54, 1.807) is 18.2 Å². The van der Waals surface area contributed by atoms with Crippen molar-refractivity contribution in [2.75, 3.05) is 10.6 Å². The molecule has 0 spiro atoms. The van der Waals surface area contributed by atoms with E-state index in [0.717, 1.165) is 11.4 Å². The second-order valence-electron chi connectivity index (χ2n) is 3.83. The number of carbonyl (C=O) groups is 1. The molecule has 0 saturated heterocycles. The van der Waals surface area contributed by atoms with Crippen LogP contribution in [0.25, 0.3) is 0 Å². The van der Waals surface area contributed by atoms with Crippen molar-refractivity contribution in [3.05, 3.63) is 42.5 Å². The van der Waals surface area contributed by atoms with Crippen molar-refractivity contribution in [3.8, 4) is 11.5 Å². The fraction of sp³-hybridized carbons (Fsp3) is 0. The molecule has 0 bridgehead atoms. The van der Waals surface area contributed by atoms with Crippen LogP contribution in [-0.2, 0) is 0 Å². The molecule has 0 aliphatic carbocycles. The second-order valence-corrected chi connectivity index (χ2v) is 3.83. The summed E-state index contributed by atoms with van der Waals surface area (Å²) in [6, 6.07) is 12.7. The van der Waals surface area contributed by atoms with Gasteiger partial charge in [-0.15, -0.1) is 0 Å². The first-order valence-electron chi connectivity index (χ1n) is 5.41. The number of ether oxygens (including phenoxy) is 1. The second kappa shape index (κ2) is 3.96. The van der Waals surface area contributed by atoms with Crippen molar-refractivity contribution >= 4 is 23.2 Å². The normalized spacial score (nSPS) is 11.6. The molecule has 0 atom stereocenters. The fourth-order valence-electron chi connectivity index (χ4n) is 1.88. The van der Waals surface area contributed by atoms with Gasteiger partial charge in [0.1, 0.15) is 5.69 Å². The van der Waals surface area contributed by atoms with E-state index in [-0.39, 0.29) is 0 Å². The quantitative estimate of drug-likeness (QED) is 0.609. The Labute approximate surface area is 103 Å². The number of fused-ring (bicyclic) bond motifs is 2. The average molecular weight is 242 g/mol. The molecule has 0 unspecified atom stereocenters. The molecule has 2 aromatic rings. The zero-order valence-corrected chi connectivity index (χ0v) is 9.31. The summed E-state index contributed by atoms with van der Waals surface area (Å²) >= 11 is 0. The van der Waals surface area contributed by atoms with Gasteiger partial charge in [0.25, 0.3) is 0 Å². The number of rotatable bonds is 1. The molecule has 0 fully saturated rings. The van der Waals surface area contributed by atoms with Crippen LogP contribution in [0, 0.1) is 0 Å². The van der Waals surface area contributed by atoms with Gasteiger partial charge in [-0.2, -0.15) is 0 Å². The summed E-state index contributed by atoms with van der Waals surface area (Å²) < 4.78 is 5.70. The zero-order chi connectivity index (χ0) is 12.5. The number of nitrogens with one attached hydrogen (secondary N) is 2. The minimum absolute atomic E-state index is 0.467. The Morgan fingerprint density at radius 3 is 2.72 bits per heavy atom. The molecule has 90 valence electrons. The molecule has 1 amide bonds. The third kappa shape index (κ3) is 1.71. The van der Waals surface area contributed by atoms with Crippen molar-refractivity contribution in [3.63, 3.8) is 0 Å². The van der Waals surface area contributed by atoms with Crippen LogP contribution in [0.5, 0.6) is 11.5 Å². The highest BCUT2D eigenvalue weighted by Gasteiger charge is 2.19. The van der Waals surface area contributed by atoms with E-state index >= 15 is 0 Å². The van der Waals surface area contributed by atoms with Gasteiger partial charge >= 0.3 is 6.09 Å². The molecule has 5 nitrogen and oxygen atoms in total. The van der Waals surface area contributed by atoms with Crippen molar-refractivity contribution < 1.29 is 14.6 Å². The summed E-state index contributed by atoms with van der Waals surface area (Å²) in [4.78, 5) is 10.7. The molecule has 5 heteroatoms. The van der Waals surface area contributed by atoms with Crippen molar-refractivity contribution in [1.82, 2.24) is 0 Å². The van der Waals surface area contributed by atoms with E-state index in [0.29, 0.717) is 17.1 Å². The Balaban J connectivity index is 2.04. The molecule has 3 N–H and O–H groups in total. The summed E-state index contributed by atoms with van der Waals surface area (Å²) in [7, 11) is 0. The first-order chi connectivity index (χ1) is 8.74. The third-order valence-corrected chi connectivity index (χ3v) is 2.63. The minimum atomic E-state index is -1.11. The first-order valence-corrected chi connectivity index (χ1v) is 5.41. The van der Waals surface area contributed by atoms with Gasteiger partial charge in [0, 0.05) is 0 Å². The van der Waals surface area contributed by atoms with Crippen LogP contribution in [-0.4, -0.2) is 11.2 Å². The van der Waals surface area contributed by atoms with Gasteiger partial charge in [-0.1, -0.05) is 18.2 Å². The van der Waals surface area contributed by atoms with Crippen LogP contribution in [0.1, 0.15) is 0 Å². The van der Waals surface area contributed by atoms with Crippen LogP contribution in [0.4, 0.5) is 21.9 Å². The van der Waals surface area contributed by atoms with Crippen molar-refractivity contribution in [2.45, 2.75) is 0 Å². The molecule has 18 heavy (non-hydrogen) atoms. The van der Waals surface area contributed by atoms with E-state index in [1.807, 2.05) is 24.3 Å². The molecular weight excluding hydrogens is 232 g/mol. The number of amides is 1. The molecule has 0 saturated carbocycles. The Morgan fingerprint density at radius 1 is 1.11 bits per heavy atom. The highest BCUT2D eigenvalue weighted by atomic mass is 16.5. The van der Waals surface area contributed by atoms with Gasteiger partial charge in [0.05, 0.1) is 11.4 Å². The Kier molecular flexibility index (Phi) is 2.30. The topological polar surface area (TPSA) is 70.6 Å². The van der Waals surface area contributed by atoms with Gasteiger partial charge in [-0.25, -0.2) is 4.79 Å². The van der Waals surface area contributed by atoms with Crippen LogP contribution >= 0.6 is 0 Å². The van der Waals surface area contributed by atoms with Crippen LogP contribution in [0.15, 0.2) is 42.5 Å². The lowest BCUT2D eigenvalue weighted by Crippen LogP contribution is -2.11. The average Bonchev–Trinajstić information content (AvgIpc) is 2.36. The standard InChI is InChI=1S/C13H10N2O3/c16-13(17)15-9-5-3-7-11-12(9)14-8-4-1-2-6-10(8)18-11/h1-7,14-15H,(H,16,17). The predicted octanol–water partition coefficient (Wildman–Crippen LogP) is 3.63. The van der Waals surface area contributed by atoms with E-state index in [4.69, 9.17) is 9.84 Å². The SMILES string of the molecule is O=C(O)Nc1cccc2c1Nc1ccccc1O2. The maximum atomic E-state index is 10.7. The molecule has 3 rings (SSSR count). The largest absolute Gasteiger partial charge is 0.465 e. The molecule has 0 radical (unpaired) electrons. The Bertz CT molecular complexity index is 625. The molecular formula is C13H10N2O3. The molecule has 0 aromatic heterocycles. The molecule has 2 aromatic carbocycles. The van der Waals surface area contributed by atoms with E-state index in [9.17, 15) is 4.79 Å². The predicted molar refractivity (Wildman–Crippen MR) is 67.9 cm³/mol. The highest BCUT2D eigenvalue weighted by molar-refractivity contribution is 5.93. The van der Waals surface area contributed by atoms with Crippen LogP contribution < -0.4 is 15.4 Å². The van der Waals surface area contributed by atoms with E-state index in [1.165, 1.54) is 0 Å². The lowest BCUT2D eigenvalue weighted by molar-refractivity contribution is 0.210. The summed E-state index contributed by atoms with van der Waals surface area (Å²) in [6.45, 7) is 0. The minimum Gasteiger partial charge on any atom is -0.465 e. The van der Waals surface area contributed by atoms with Gasteiger partial charge in [0.15, 0.2) is 11.5 Å². The molecule has 1 heterocycles. The summed E-state index contributed by atoms with van der Waals surface area (Å²) in [5.74, 6) is 1.32. The van der Waals surface area contributed by atoms with Crippen LogP contribution in [0.3, 0.4) is 0 Å². The van der Waals surface area contributed by atoms with Gasteiger partial charge < -0.3 is 15.2 Å². The van der Waals surface area contributed by atoms with E-state index < -0.39 is 6.09 Å². The number of benzene rings is 2. The highest BCUT2D eigenvalue weighted by Crippen LogP contribution is 2.45. The number of hydrogen-bond acceptors (Lipinski definition) is 3. The maximum absolute atomic E-state index is 10.7. The number of para-hydroxylation sites is 3. The number of carboxylic acid groups (broad SMARTS) is 1. The monoisotopic (exact) mass is 242 g/mol. The summed E-state index contributed by atoms with van der Waals surface area (Å²) in [6.07, 6.45) is -1.11. The maximum Gasteiger partial charge on any atom is 0.409 e. The Morgan fingerprint density at radius 2 is 1.89 bits per heavy atom. The molecule has 1 aliphatic heterocycles. The van der Waals surface area contributed by atoms with Crippen molar-refractivity contribution in [2.24, 2.45) is 0 Å². The lowest BCUT2D eigenvalue weighted by atomic mass is 10.2. The smallest absolute Gasteiger partial charge is 0.409 e. The third-order valence-electron chi connectivity index (χ3n) is 2.63. The summed E-state index contributed by atoms with van der Waals surface area (Å²) in [5.41, 5.74) is 1.90. The van der Waals surface area contributed by atoms with Crippen LogP contribution in [0.2, 0.25) is 0 Å². The van der Waals surface area contributed by atoms with Crippen molar-refractivity contribution in [1.29, 1.82) is 0 Å². The lowest BCUT2D eigenvalue weighted by Gasteiger charge is -2.23. The summed E-state index contributed by atoms with van der Waals surface area (Å²) in [5, 5.41) is 14.3. The number of anilines is 3. The van der Waals surface area contributed by atoms with Gasteiger partial charge in [0.2, 0.25) is 0 Å².